The lowest BCUT2D eigenvalue weighted by molar-refractivity contribution is -0.0116. The molecule has 0 N–H and O–H groups in total. The van der Waals surface area contributed by atoms with Crippen molar-refractivity contribution in [2.45, 2.75) is 52.6 Å². The monoisotopic (exact) mass is 262 g/mol. The zero-order chi connectivity index (χ0) is 10.6. The molecule has 14 heavy (non-hydrogen) atoms. The normalized spacial score (nSPS) is 22.9. The van der Waals surface area contributed by atoms with E-state index in [1.54, 1.807) is 0 Å². The molecule has 0 aromatic heterocycles. The molecule has 2 heteroatoms. The van der Waals surface area contributed by atoms with Crippen molar-refractivity contribution in [2.24, 2.45) is 11.3 Å². The van der Waals surface area contributed by atoms with Gasteiger partial charge in [-0.15, -0.1) is 0 Å². The fourth-order valence-electron chi connectivity index (χ4n) is 1.94. The van der Waals surface area contributed by atoms with Gasteiger partial charge in [-0.1, -0.05) is 42.6 Å². The van der Waals surface area contributed by atoms with Gasteiger partial charge in [0.25, 0.3) is 0 Å². The minimum atomic E-state index is 0.395. The maximum atomic E-state index is 5.95. The van der Waals surface area contributed by atoms with Gasteiger partial charge in [-0.05, 0) is 25.7 Å². The largest absolute Gasteiger partial charge is 0.378 e. The maximum Gasteiger partial charge on any atom is 0.0570 e. The van der Waals surface area contributed by atoms with E-state index in [0.717, 1.165) is 11.9 Å². The molecule has 0 saturated heterocycles. The minimum absolute atomic E-state index is 0.395. The van der Waals surface area contributed by atoms with Gasteiger partial charge in [0.05, 0.1) is 12.7 Å². The molecule has 1 atom stereocenters. The van der Waals surface area contributed by atoms with Crippen molar-refractivity contribution in [1.29, 1.82) is 0 Å². The van der Waals surface area contributed by atoms with Gasteiger partial charge in [0.15, 0.2) is 0 Å². The predicted molar refractivity (Wildman–Crippen MR) is 64.9 cm³/mol. The molecule has 1 aliphatic carbocycles. The number of hydrogen-bond donors (Lipinski definition) is 0. The topological polar surface area (TPSA) is 9.23 Å². The van der Waals surface area contributed by atoms with E-state index in [2.05, 4.69) is 36.7 Å². The average Bonchev–Trinajstić information content (AvgIpc) is 2.63. The molecule has 0 aromatic rings. The molecule has 0 aromatic carbocycles. The average molecular weight is 263 g/mol. The van der Waals surface area contributed by atoms with Crippen LogP contribution in [0.3, 0.4) is 0 Å². The third-order valence-corrected chi connectivity index (χ3v) is 4.73. The van der Waals surface area contributed by atoms with E-state index in [0.29, 0.717) is 17.4 Å². The predicted octanol–water partition coefficient (Wildman–Crippen LogP) is 4.00. The van der Waals surface area contributed by atoms with Crippen LogP contribution in [-0.4, -0.2) is 18.0 Å². The van der Waals surface area contributed by atoms with Crippen LogP contribution in [0.1, 0.15) is 46.5 Å². The number of halogens is 1. The fraction of sp³-hybridized carbons (Fsp3) is 1.00. The van der Waals surface area contributed by atoms with Crippen LogP contribution in [0, 0.1) is 11.3 Å². The minimum Gasteiger partial charge on any atom is -0.378 e. The Morgan fingerprint density at radius 2 is 1.79 bits per heavy atom. The summed E-state index contributed by atoms with van der Waals surface area (Å²) in [6.07, 6.45) is 5.83. The van der Waals surface area contributed by atoms with Crippen molar-refractivity contribution in [3.05, 3.63) is 0 Å². The van der Waals surface area contributed by atoms with Crippen LogP contribution < -0.4 is 0 Å². The SMILES string of the molecule is CC(C)C(C)OCC1(CBr)CCCC1. The molecule has 1 aliphatic rings. The molecule has 0 heterocycles. The lowest BCUT2D eigenvalue weighted by Crippen LogP contribution is -2.29. The molecule has 0 aliphatic heterocycles. The van der Waals surface area contributed by atoms with Gasteiger partial charge in [0.2, 0.25) is 0 Å². The van der Waals surface area contributed by atoms with E-state index in [1.807, 2.05) is 0 Å². The third kappa shape index (κ3) is 3.23. The number of hydrogen-bond acceptors (Lipinski definition) is 1. The van der Waals surface area contributed by atoms with Crippen LogP contribution in [0.4, 0.5) is 0 Å². The Labute approximate surface area is 96.7 Å². The van der Waals surface area contributed by atoms with Crippen molar-refractivity contribution in [3.8, 4) is 0 Å². The first kappa shape index (κ1) is 12.5. The van der Waals surface area contributed by atoms with Crippen molar-refractivity contribution in [2.75, 3.05) is 11.9 Å². The van der Waals surface area contributed by atoms with Crippen LogP contribution in [0.15, 0.2) is 0 Å². The summed E-state index contributed by atoms with van der Waals surface area (Å²) < 4.78 is 5.95. The zero-order valence-electron chi connectivity index (χ0n) is 9.68. The second-order valence-corrected chi connectivity index (χ2v) is 5.66. The first-order valence-corrected chi connectivity index (χ1v) is 6.89. The van der Waals surface area contributed by atoms with Crippen LogP contribution >= 0.6 is 15.9 Å². The van der Waals surface area contributed by atoms with Gasteiger partial charge in [-0.3, -0.25) is 0 Å². The van der Waals surface area contributed by atoms with Gasteiger partial charge < -0.3 is 4.74 Å². The molecule has 0 bridgehead atoms. The number of alkyl halides is 1. The van der Waals surface area contributed by atoms with E-state index in [-0.39, 0.29) is 0 Å². The van der Waals surface area contributed by atoms with Crippen molar-refractivity contribution >= 4 is 15.9 Å². The van der Waals surface area contributed by atoms with E-state index in [9.17, 15) is 0 Å². The molecule has 1 nitrogen and oxygen atoms in total. The summed E-state index contributed by atoms with van der Waals surface area (Å²) in [5.41, 5.74) is 0.448. The molecule has 84 valence electrons. The molecule has 1 rings (SSSR count). The lowest BCUT2D eigenvalue weighted by Gasteiger charge is -2.29. The summed E-state index contributed by atoms with van der Waals surface area (Å²) in [5, 5.41) is 1.10. The van der Waals surface area contributed by atoms with Crippen molar-refractivity contribution in [1.82, 2.24) is 0 Å². The highest BCUT2D eigenvalue weighted by atomic mass is 79.9. The quantitative estimate of drug-likeness (QED) is 0.681. The van der Waals surface area contributed by atoms with Crippen LogP contribution in [0.5, 0.6) is 0 Å². The summed E-state index contributed by atoms with van der Waals surface area (Å²) in [5.74, 6) is 0.628. The smallest absolute Gasteiger partial charge is 0.0570 e. The van der Waals surface area contributed by atoms with Crippen molar-refractivity contribution < 1.29 is 4.74 Å². The first-order valence-electron chi connectivity index (χ1n) is 5.77. The van der Waals surface area contributed by atoms with Crippen LogP contribution in [-0.2, 0) is 4.74 Å². The Bertz CT molecular complexity index is 162. The molecule has 1 unspecified atom stereocenters. The van der Waals surface area contributed by atoms with Crippen LogP contribution in [0.2, 0.25) is 0 Å². The van der Waals surface area contributed by atoms with Crippen LogP contribution in [0.25, 0.3) is 0 Å². The molecular weight excluding hydrogens is 240 g/mol. The van der Waals surface area contributed by atoms with Gasteiger partial charge in [0, 0.05) is 10.7 Å². The highest BCUT2D eigenvalue weighted by molar-refractivity contribution is 9.09. The maximum absolute atomic E-state index is 5.95. The Morgan fingerprint density at radius 3 is 2.21 bits per heavy atom. The Kier molecular flexibility index (Phi) is 4.92. The molecule has 1 fully saturated rings. The third-order valence-electron chi connectivity index (χ3n) is 3.54. The zero-order valence-corrected chi connectivity index (χ0v) is 11.3. The van der Waals surface area contributed by atoms with Crippen molar-refractivity contribution in [3.63, 3.8) is 0 Å². The van der Waals surface area contributed by atoms with Gasteiger partial charge >= 0.3 is 0 Å². The van der Waals surface area contributed by atoms with E-state index in [1.165, 1.54) is 25.7 Å². The number of ether oxygens (including phenoxy) is 1. The summed E-state index contributed by atoms with van der Waals surface area (Å²) in [4.78, 5) is 0. The molecule has 0 amide bonds. The second kappa shape index (κ2) is 5.50. The number of rotatable bonds is 5. The summed E-state index contributed by atoms with van der Waals surface area (Å²) in [7, 11) is 0. The van der Waals surface area contributed by atoms with E-state index >= 15 is 0 Å². The highest BCUT2D eigenvalue weighted by Gasteiger charge is 2.33. The van der Waals surface area contributed by atoms with E-state index in [4.69, 9.17) is 4.74 Å². The van der Waals surface area contributed by atoms with Gasteiger partial charge in [-0.25, -0.2) is 0 Å². The van der Waals surface area contributed by atoms with E-state index < -0.39 is 0 Å². The fourth-order valence-corrected chi connectivity index (χ4v) is 2.66. The summed E-state index contributed by atoms with van der Waals surface area (Å²) >= 11 is 3.64. The molecule has 0 spiro atoms. The first-order chi connectivity index (χ1) is 6.59. The Morgan fingerprint density at radius 1 is 1.21 bits per heavy atom. The Hall–Kier alpha value is 0.440. The highest BCUT2D eigenvalue weighted by Crippen LogP contribution is 2.40. The van der Waals surface area contributed by atoms with Gasteiger partial charge in [0.1, 0.15) is 0 Å². The summed E-state index contributed by atoms with van der Waals surface area (Å²) in [6, 6.07) is 0. The molecular formula is C12H23BrO. The lowest BCUT2D eigenvalue weighted by atomic mass is 9.90. The summed E-state index contributed by atoms with van der Waals surface area (Å²) in [6.45, 7) is 7.57. The Balaban J connectivity index is 2.34. The standard InChI is InChI=1S/C12H23BrO/c1-10(2)11(3)14-9-12(8-13)6-4-5-7-12/h10-11H,4-9H2,1-3H3. The molecule has 0 radical (unpaired) electrons. The second-order valence-electron chi connectivity index (χ2n) is 5.10. The molecule has 1 saturated carbocycles. The van der Waals surface area contributed by atoms with Gasteiger partial charge in [-0.2, -0.15) is 0 Å².